The Kier molecular flexibility index (Phi) is 9.25. The van der Waals surface area contributed by atoms with Gasteiger partial charge in [-0.1, -0.05) is 6.08 Å². The van der Waals surface area contributed by atoms with E-state index in [1.54, 1.807) is 14.2 Å². The summed E-state index contributed by atoms with van der Waals surface area (Å²) in [5.74, 6) is 2.91. The van der Waals surface area contributed by atoms with Crippen molar-refractivity contribution in [1.82, 2.24) is 0 Å². The maximum Gasteiger partial charge on any atom is 0.123 e. The number of hydrogen-bond donors (Lipinski definition) is 1. The van der Waals surface area contributed by atoms with Crippen molar-refractivity contribution in [2.24, 2.45) is 5.73 Å². The lowest BCUT2D eigenvalue weighted by atomic mass is 10.2. The fourth-order valence-electron chi connectivity index (χ4n) is 2.15. The van der Waals surface area contributed by atoms with Crippen molar-refractivity contribution in [3.05, 3.63) is 59.1 Å². The molecule has 0 radical (unpaired) electrons. The minimum atomic E-state index is 0.372. The summed E-state index contributed by atoms with van der Waals surface area (Å²) in [5, 5.41) is 0. The van der Waals surface area contributed by atoms with Crippen LogP contribution in [0.3, 0.4) is 0 Å². The van der Waals surface area contributed by atoms with Gasteiger partial charge in [-0.25, -0.2) is 0 Å². The highest BCUT2D eigenvalue weighted by Gasteiger charge is 2.05. The maximum absolute atomic E-state index is 5.98. The standard InChI is InChI=1S/C20H29NO4/c1-6-16(13-21)9-20(8-15(3)24-7-2)25-14-17-10-18(22-4)12-19(11-17)23-5/h6,8-12H,7,13-14,21H2,1-5H3/b15-8+,16-6+,20-9+. The van der Waals surface area contributed by atoms with Crippen LogP contribution >= 0.6 is 0 Å². The zero-order valence-corrected chi connectivity index (χ0v) is 15.8. The van der Waals surface area contributed by atoms with Crippen LogP contribution in [0.4, 0.5) is 0 Å². The van der Waals surface area contributed by atoms with Gasteiger partial charge in [-0.2, -0.15) is 0 Å². The molecule has 5 heteroatoms. The van der Waals surface area contributed by atoms with E-state index >= 15 is 0 Å². The zero-order chi connectivity index (χ0) is 18.7. The first-order valence-corrected chi connectivity index (χ1v) is 8.29. The van der Waals surface area contributed by atoms with Gasteiger partial charge in [0.15, 0.2) is 0 Å². The lowest BCUT2D eigenvalue weighted by Gasteiger charge is -2.12. The Morgan fingerprint density at radius 3 is 2.16 bits per heavy atom. The molecule has 0 aliphatic heterocycles. The van der Waals surface area contributed by atoms with Crippen LogP contribution in [0, 0.1) is 0 Å². The number of methoxy groups -OCH3 is 2. The van der Waals surface area contributed by atoms with Crippen LogP contribution in [0.15, 0.2) is 53.5 Å². The summed E-state index contributed by atoms with van der Waals surface area (Å²) in [4.78, 5) is 0. The first-order chi connectivity index (χ1) is 12.1. The largest absolute Gasteiger partial charge is 0.498 e. The van der Waals surface area contributed by atoms with Crippen LogP contribution in [0.2, 0.25) is 0 Å². The summed E-state index contributed by atoms with van der Waals surface area (Å²) in [5.41, 5.74) is 7.68. The molecule has 0 amide bonds. The molecule has 0 fully saturated rings. The van der Waals surface area contributed by atoms with E-state index in [1.807, 2.05) is 57.2 Å². The Morgan fingerprint density at radius 1 is 1.04 bits per heavy atom. The summed E-state index contributed by atoms with van der Waals surface area (Å²) in [7, 11) is 3.25. The molecule has 0 saturated carbocycles. The third-order valence-electron chi connectivity index (χ3n) is 3.47. The molecule has 0 spiro atoms. The molecule has 0 bridgehead atoms. The van der Waals surface area contributed by atoms with Crippen LogP contribution in [-0.4, -0.2) is 27.4 Å². The SMILES string of the molecule is C\C=C(/C=C(\C=C(/C)OCC)OCc1cc(OC)cc(OC)c1)CN. The van der Waals surface area contributed by atoms with Crippen molar-refractivity contribution in [3.63, 3.8) is 0 Å². The van der Waals surface area contributed by atoms with Gasteiger partial charge in [-0.3, -0.25) is 0 Å². The minimum absolute atomic E-state index is 0.372. The molecule has 0 unspecified atom stereocenters. The van der Waals surface area contributed by atoms with Crippen LogP contribution in [0.5, 0.6) is 11.5 Å². The average Bonchev–Trinajstić information content (AvgIpc) is 2.63. The Balaban J connectivity index is 3.00. The first kappa shape index (κ1) is 20.6. The molecule has 1 aromatic rings. The van der Waals surface area contributed by atoms with Crippen molar-refractivity contribution >= 4 is 0 Å². The highest BCUT2D eigenvalue weighted by Crippen LogP contribution is 2.24. The van der Waals surface area contributed by atoms with E-state index in [9.17, 15) is 0 Å². The Hall–Kier alpha value is -2.40. The Labute approximate surface area is 150 Å². The van der Waals surface area contributed by atoms with Gasteiger partial charge in [-0.15, -0.1) is 0 Å². The van der Waals surface area contributed by atoms with Crippen LogP contribution < -0.4 is 15.2 Å². The lowest BCUT2D eigenvalue weighted by molar-refractivity contribution is 0.199. The quantitative estimate of drug-likeness (QED) is 0.513. The molecule has 0 heterocycles. The third-order valence-corrected chi connectivity index (χ3v) is 3.47. The van der Waals surface area contributed by atoms with E-state index in [1.165, 1.54) is 0 Å². The fraction of sp³-hybridized carbons (Fsp3) is 0.400. The number of allylic oxidation sites excluding steroid dienone is 3. The van der Waals surface area contributed by atoms with E-state index in [-0.39, 0.29) is 0 Å². The van der Waals surface area contributed by atoms with Gasteiger partial charge >= 0.3 is 0 Å². The molecule has 1 rings (SSSR count). The average molecular weight is 347 g/mol. The van der Waals surface area contributed by atoms with Gasteiger partial charge in [0.05, 0.1) is 26.6 Å². The van der Waals surface area contributed by atoms with Crippen LogP contribution in [0.25, 0.3) is 0 Å². The van der Waals surface area contributed by atoms with Gasteiger partial charge in [-0.05, 0) is 50.1 Å². The van der Waals surface area contributed by atoms with Crippen molar-refractivity contribution in [2.75, 3.05) is 27.4 Å². The Morgan fingerprint density at radius 2 is 1.68 bits per heavy atom. The van der Waals surface area contributed by atoms with E-state index in [4.69, 9.17) is 24.7 Å². The molecular formula is C20H29NO4. The second-order valence-corrected chi connectivity index (χ2v) is 5.31. The van der Waals surface area contributed by atoms with Gasteiger partial charge in [0.25, 0.3) is 0 Å². The molecule has 0 aliphatic carbocycles. The number of hydrogen-bond acceptors (Lipinski definition) is 5. The Bertz CT molecular complexity index is 610. The number of nitrogens with two attached hydrogens (primary N) is 1. The van der Waals surface area contributed by atoms with Crippen LogP contribution in [-0.2, 0) is 16.1 Å². The summed E-state index contributed by atoms with van der Waals surface area (Å²) < 4.78 is 22.1. The van der Waals surface area contributed by atoms with Gasteiger partial charge < -0.3 is 24.7 Å². The third kappa shape index (κ3) is 7.35. The minimum Gasteiger partial charge on any atom is -0.498 e. The molecule has 25 heavy (non-hydrogen) atoms. The van der Waals surface area contributed by atoms with Crippen molar-refractivity contribution in [3.8, 4) is 11.5 Å². The summed E-state index contributed by atoms with van der Waals surface area (Å²) >= 11 is 0. The first-order valence-electron chi connectivity index (χ1n) is 8.29. The maximum atomic E-state index is 5.98. The van der Waals surface area contributed by atoms with Gasteiger partial charge in [0.1, 0.15) is 23.9 Å². The summed E-state index contributed by atoms with van der Waals surface area (Å²) in [6.45, 7) is 7.21. The van der Waals surface area contributed by atoms with Gasteiger partial charge in [0, 0.05) is 18.7 Å². The normalized spacial score (nSPS) is 12.8. The molecular weight excluding hydrogens is 318 g/mol. The monoisotopic (exact) mass is 347 g/mol. The number of ether oxygens (including phenoxy) is 4. The highest BCUT2D eigenvalue weighted by atomic mass is 16.5. The summed E-state index contributed by atoms with van der Waals surface area (Å²) in [6.07, 6.45) is 5.74. The zero-order valence-electron chi connectivity index (χ0n) is 15.8. The van der Waals surface area contributed by atoms with E-state index in [0.717, 1.165) is 28.4 Å². The topological polar surface area (TPSA) is 62.9 Å². The molecule has 0 saturated heterocycles. The van der Waals surface area contributed by atoms with Gasteiger partial charge in [0.2, 0.25) is 0 Å². The molecule has 2 N–H and O–H groups in total. The fourth-order valence-corrected chi connectivity index (χ4v) is 2.15. The summed E-state index contributed by atoms with van der Waals surface area (Å²) in [6, 6.07) is 5.66. The predicted octanol–water partition coefficient (Wildman–Crippen LogP) is 3.95. The van der Waals surface area contributed by atoms with Crippen molar-refractivity contribution in [2.45, 2.75) is 27.4 Å². The number of rotatable bonds is 10. The van der Waals surface area contributed by atoms with E-state index in [0.29, 0.717) is 25.5 Å². The van der Waals surface area contributed by atoms with Crippen molar-refractivity contribution in [1.29, 1.82) is 0 Å². The molecule has 0 atom stereocenters. The van der Waals surface area contributed by atoms with E-state index in [2.05, 4.69) is 0 Å². The molecule has 5 nitrogen and oxygen atoms in total. The van der Waals surface area contributed by atoms with Crippen LogP contribution in [0.1, 0.15) is 26.3 Å². The number of benzene rings is 1. The molecule has 0 aliphatic rings. The second kappa shape index (κ2) is 11.2. The van der Waals surface area contributed by atoms with E-state index < -0.39 is 0 Å². The molecule has 1 aromatic carbocycles. The predicted molar refractivity (Wildman–Crippen MR) is 101 cm³/mol. The lowest BCUT2D eigenvalue weighted by Crippen LogP contribution is -2.03. The molecule has 0 aromatic heterocycles. The molecule has 138 valence electrons. The highest BCUT2D eigenvalue weighted by molar-refractivity contribution is 5.38. The second-order valence-electron chi connectivity index (χ2n) is 5.31. The smallest absolute Gasteiger partial charge is 0.123 e. The van der Waals surface area contributed by atoms with Crippen molar-refractivity contribution < 1.29 is 18.9 Å².